The molecule has 0 spiro atoms. The number of aromatic nitrogens is 2. The molecule has 26 heavy (non-hydrogen) atoms. The van der Waals surface area contributed by atoms with Crippen molar-refractivity contribution in [2.45, 2.75) is 26.9 Å². The number of hydrogen-bond donors (Lipinski definition) is 1. The molecule has 6 nitrogen and oxygen atoms in total. The Morgan fingerprint density at radius 3 is 2.69 bits per heavy atom. The van der Waals surface area contributed by atoms with Crippen molar-refractivity contribution in [3.05, 3.63) is 65.4 Å². The van der Waals surface area contributed by atoms with E-state index in [0.29, 0.717) is 16.9 Å². The molecule has 0 saturated carbocycles. The number of hydrogen-bond acceptors (Lipinski definition) is 4. The van der Waals surface area contributed by atoms with E-state index in [1.165, 1.54) is 13.0 Å². The third kappa shape index (κ3) is 3.56. The van der Waals surface area contributed by atoms with Crippen molar-refractivity contribution in [3.8, 4) is 0 Å². The van der Waals surface area contributed by atoms with Crippen LogP contribution in [0.25, 0.3) is 5.65 Å². The maximum atomic E-state index is 13.5. The third-order valence-corrected chi connectivity index (χ3v) is 4.00. The number of carbonyl (C=O) groups excluding carboxylic acids is 2. The number of imidazole rings is 1. The first-order valence-electron chi connectivity index (χ1n) is 8.08. The first kappa shape index (κ1) is 17.6. The minimum atomic E-state index is -1.06. The molecule has 3 rings (SSSR count). The number of fused-ring (bicyclic) bond motifs is 1. The van der Waals surface area contributed by atoms with Crippen molar-refractivity contribution in [2.75, 3.05) is 5.32 Å². The number of nitrogens with zero attached hydrogens (tertiary/aromatic N) is 2. The Hall–Kier alpha value is -3.22. The second kappa shape index (κ2) is 6.95. The summed E-state index contributed by atoms with van der Waals surface area (Å²) in [4.78, 5) is 28.6. The van der Waals surface area contributed by atoms with E-state index in [0.717, 1.165) is 5.69 Å². The molecule has 0 bridgehead atoms. The SMILES string of the molecule is Cc1ccc(NC(=O)C(C)OC(=O)c2cn3c(C)cccc3n2)cc1F. The predicted octanol–water partition coefficient (Wildman–Crippen LogP) is 3.27. The maximum Gasteiger partial charge on any atom is 0.359 e. The number of carbonyl (C=O) groups is 2. The van der Waals surface area contributed by atoms with Crippen LogP contribution in [0.4, 0.5) is 10.1 Å². The summed E-state index contributed by atoms with van der Waals surface area (Å²) in [6.07, 6.45) is 0.505. The standard InChI is InChI=1S/C19H18FN3O3/c1-11-7-8-14(9-15(11)20)21-18(24)13(3)26-19(25)16-10-23-12(2)5-4-6-17(23)22-16/h4-10,13H,1-3H3,(H,21,24). The van der Waals surface area contributed by atoms with Crippen LogP contribution in [0, 0.1) is 19.7 Å². The first-order chi connectivity index (χ1) is 12.3. The van der Waals surface area contributed by atoms with E-state index in [9.17, 15) is 14.0 Å². The number of esters is 1. The highest BCUT2D eigenvalue weighted by molar-refractivity contribution is 5.97. The quantitative estimate of drug-likeness (QED) is 0.729. The van der Waals surface area contributed by atoms with Crippen molar-refractivity contribution in [2.24, 2.45) is 0 Å². The minimum absolute atomic E-state index is 0.111. The minimum Gasteiger partial charge on any atom is -0.448 e. The van der Waals surface area contributed by atoms with Gasteiger partial charge in [0.25, 0.3) is 5.91 Å². The number of ether oxygens (including phenoxy) is 1. The zero-order valence-corrected chi connectivity index (χ0v) is 14.6. The van der Waals surface area contributed by atoms with Crippen LogP contribution in [0.1, 0.15) is 28.7 Å². The summed E-state index contributed by atoms with van der Waals surface area (Å²) in [5.74, 6) is -1.68. The molecule has 0 fully saturated rings. The van der Waals surface area contributed by atoms with Crippen LogP contribution in [-0.2, 0) is 9.53 Å². The van der Waals surface area contributed by atoms with Crippen LogP contribution in [0.2, 0.25) is 0 Å². The van der Waals surface area contributed by atoms with Crippen LogP contribution >= 0.6 is 0 Å². The molecule has 0 saturated heterocycles. The van der Waals surface area contributed by atoms with Gasteiger partial charge in [0.2, 0.25) is 0 Å². The fraction of sp³-hybridized carbons (Fsp3) is 0.211. The Balaban J connectivity index is 1.68. The molecular formula is C19H18FN3O3. The maximum absolute atomic E-state index is 13.5. The Kier molecular flexibility index (Phi) is 4.71. The number of rotatable bonds is 4. The molecular weight excluding hydrogens is 337 g/mol. The van der Waals surface area contributed by atoms with Gasteiger partial charge < -0.3 is 14.5 Å². The normalized spacial score (nSPS) is 12.0. The lowest BCUT2D eigenvalue weighted by atomic mass is 10.2. The van der Waals surface area contributed by atoms with Gasteiger partial charge in [-0.25, -0.2) is 14.2 Å². The number of nitrogens with one attached hydrogen (secondary N) is 1. The molecule has 0 aliphatic heterocycles. The molecule has 134 valence electrons. The highest BCUT2D eigenvalue weighted by atomic mass is 19.1. The lowest BCUT2D eigenvalue weighted by Crippen LogP contribution is -2.30. The van der Waals surface area contributed by atoms with E-state index in [1.54, 1.807) is 35.7 Å². The van der Waals surface area contributed by atoms with Crippen LogP contribution in [0.5, 0.6) is 0 Å². The number of pyridine rings is 1. The number of amides is 1. The summed E-state index contributed by atoms with van der Waals surface area (Å²) in [5, 5.41) is 2.52. The van der Waals surface area contributed by atoms with Crippen molar-refractivity contribution in [1.82, 2.24) is 9.38 Å². The van der Waals surface area contributed by atoms with Gasteiger partial charge in [0.1, 0.15) is 11.5 Å². The second-order valence-electron chi connectivity index (χ2n) is 6.02. The van der Waals surface area contributed by atoms with E-state index in [-0.39, 0.29) is 5.69 Å². The van der Waals surface area contributed by atoms with Crippen LogP contribution in [0.3, 0.4) is 0 Å². The highest BCUT2D eigenvalue weighted by Crippen LogP contribution is 2.15. The van der Waals surface area contributed by atoms with Gasteiger partial charge in [-0.3, -0.25) is 4.79 Å². The molecule has 0 aliphatic carbocycles. The summed E-state index contributed by atoms with van der Waals surface area (Å²) in [6.45, 7) is 4.96. The zero-order valence-electron chi connectivity index (χ0n) is 14.6. The van der Waals surface area contributed by atoms with E-state index in [1.807, 2.05) is 19.1 Å². The molecule has 2 heterocycles. The molecule has 3 aromatic rings. The summed E-state index contributed by atoms with van der Waals surface area (Å²) < 4.78 is 20.5. The number of benzene rings is 1. The van der Waals surface area contributed by atoms with Gasteiger partial charge in [0.15, 0.2) is 11.8 Å². The van der Waals surface area contributed by atoms with Gasteiger partial charge in [-0.1, -0.05) is 12.1 Å². The second-order valence-corrected chi connectivity index (χ2v) is 6.02. The molecule has 1 aromatic carbocycles. The summed E-state index contributed by atoms with van der Waals surface area (Å²) in [5.41, 5.74) is 2.42. The van der Waals surface area contributed by atoms with E-state index < -0.39 is 23.8 Å². The van der Waals surface area contributed by atoms with E-state index in [4.69, 9.17) is 4.74 Å². The average molecular weight is 355 g/mol. The zero-order chi connectivity index (χ0) is 18.8. The van der Waals surface area contributed by atoms with Gasteiger partial charge in [-0.15, -0.1) is 0 Å². The molecule has 0 aliphatic rings. The summed E-state index contributed by atoms with van der Waals surface area (Å²) in [7, 11) is 0. The largest absolute Gasteiger partial charge is 0.448 e. The smallest absolute Gasteiger partial charge is 0.359 e. The van der Waals surface area contributed by atoms with Crippen LogP contribution in [0.15, 0.2) is 42.6 Å². The average Bonchev–Trinajstić information content (AvgIpc) is 3.04. The predicted molar refractivity (Wildman–Crippen MR) is 94.6 cm³/mol. The van der Waals surface area contributed by atoms with Crippen molar-refractivity contribution in [1.29, 1.82) is 0 Å². The fourth-order valence-electron chi connectivity index (χ4n) is 2.44. The first-order valence-corrected chi connectivity index (χ1v) is 8.08. The van der Waals surface area contributed by atoms with Gasteiger partial charge in [0, 0.05) is 17.6 Å². The topological polar surface area (TPSA) is 72.7 Å². The lowest BCUT2D eigenvalue weighted by Gasteiger charge is -2.13. The number of anilines is 1. The molecule has 1 atom stereocenters. The third-order valence-electron chi connectivity index (χ3n) is 4.00. The highest BCUT2D eigenvalue weighted by Gasteiger charge is 2.21. The number of halogens is 1. The summed E-state index contributed by atoms with van der Waals surface area (Å²) >= 11 is 0. The van der Waals surface area contributed by atoms with Gasteiger partial charge >= 0.3 is 5.97 Å². The van der Waals surface area contributed by atoms with Gasteiger partial charge in [0.05, 0.1) is 0 Å². The lowest BCUT2D eigenvalue weighted by molar-refractivity contribution is -0.123. The number of aryl methyl sites for hydroxylation is 2. The monoisotopic (exact) mass is 355 g/mol. The molecule has 7 heteroatoms. The van der Waals surface area contributed by atoms with Gasteiger partial charge in [-0.2, -0.15) is 0 Å². The Labute approximate surface area is 149 Å². The van der Waals surface area contributed by atoms with Gasteiger partial charge in [-0.05, 0) is 50.6 Å². The molecule has 1 N–H and O–H groups in total. The van der Waals surface area contributed by atoms with Crippen molar-refractivity contribution < 1.29 is 18.7 Å². The Morgan fingerprint density at radius 1 is 1.23 bits per heavy atom. The van der Waals surface area contributed by atoms with Crippen LogP contribution < -0.4 is 5.32 Å². The molecule has 2 aromatic heterocycles. The fourth-order valence-corrected chi connectivity index (χ4v) is 2.44. The Bertz CT molecular complexity index is 997. The molecule has 0 radical (unpaired) electrons. The van der Waals surface area contributed by atoms with E-state index in [2.05, 4.69) is 10.3 Å². The van der Waals surface area contributed by atoms with E-state index >= 15 is 0 Å². The van der Waals surface area contributed by atoms with Crippen molar-refractivity contribution >= 4 is 23.2 Å². The summed E-state index contributed by atoms with van der Waals surface area (Å²) in [6, 6.07) is 9.85. The van der Waals surface area contributed by atoms with Crippen LogP contribution in [-0.4, -0.2) is 27.4 Å². The van der Waals surface area contributed by atoms with Crippen molar-refractivity contribution in [3.63, 3.8) is 0 Å². The molecule has 1 amide bonds. The Morgan fingerprint density at radius 2 is 2.00 bits per heavy atom. The molecule has 1 unspecified atom stereocenters.